The molecule has 4 nitrogen and oxygen atoms in total. The van der Waals surface area contributed by atoms with E-state index in [9.17, 15) is 30.8 Å². The van der Waals surface area contributed by atoms with Crippen LogP contribution in [0.25, 0.3) is 0 Å². The summed E-state index contributed by atoms with van der Waals surface area (Å²) in [5.74, 6) is -2.59. The normalized spacial score (nSPS) is 22.0. The topological polar surface area (TPSA) is 63.2 Å². The van der Waals surface area contributed by atoms with Crippen molar-refractivity contribution in [3.05, 3.63) is 29.6 Å². The molecule has 21 heavy (non-hydrogen) atoms. The highest BCUT2D eigenvalue weighted by Crippen LogP contribution is 2.38. The number of hydrogen-bond donors (Lipinski definition) is 1. The highest BCUT2D eigenvalue weighted by atomic mass is 32.2. The van der Waals surface area contributed by atoms with Crippen molar-refractivity contribution in [1.82, 2.24) is 4.72 Å². The molecule has 2 atom stereocenters. The quantitative estimate of drug-likeness (QED) is 0.868. The molecule has 9 heteroatoms. The smallest absolute Gasteiger partial charge is 0.274 e. The first-order valence-corrected chi connectivity index (χ1v) is 7.44. The van der Waals surface area contributed by atoms with Crippen molar-refractivity contribution in [1.29, 1.82) is 0 Å². The highest BCUT2D eigenvalue weighted by Gasteiger charge is 2.42. The maximum Gasteiger partial charge on any atom is 0.417 e. The Labute approximate surface area is 118 Å². The molecule has 0 bridgehead atoms. The molecule has 2 rings (SSSR count). The second-order valence-electron chi connectivity index (χ2n) is 4.93. The van der Waals surface area contributed by atoms with Gasteiger partial charge in [0.1, 0.15) is 5.82 Å². The van der Waals surface area contributed by atoms with Gasteiger partial charge >= 0.3 is 6.18 Å². The fraction of sp³-hybridized carbons (Fsp3) is 0.417. The van der Waals surface area contributed by atoms with Gasteiger partial charge in [-0.3, -0.25) is 4.79 Å². The Kier molecular flexibility index (Phi) is 3.73. The molecule has 0 saturated heterocycles. The standard InChI is InChI=1S/C12H11F4NO3S/c1-6-4-8(6)11(18)17-21(19,20)10-3-2-7(13)5-9(10)12(14,15)16/h2-3,5-6,8H,4H2,1H3,(H,17,18). The molecule has 0 aliphatic heterocycles. The summed E-state index contributed by atoms with van der Waals surface area (Å²) in [7, 11) is -4.70. The molecule has 1 saturated carbocycles. The van der Waals surface area contributed by atoms with Crippen molar-refractivity contribution < 1.29 is 30.8 Å². The predicted octanol–water partition coefficient (Wildman–Crippen LogP) is 2.31. The fourth-order valence-electron chi connectivity index (χ4n) is 1.91. The predicted molar refractivity (Wildman–Crippen MR) is 64.0 cm³/mol. The molecule has 1 N–H and O–H groups in total. The number of amides is 1. The highest BCUT2D eigenvalue weighted by molar-refractivity contribution is 7.90. The molecular formula is C12H11F4NO3S. The minimum Gasteiger partial charge on any atom is -0.274 e. The van der Waals surface area contributed by atoms with Crippen LogP contribution in [0.2, 0.25) is 0 Å². The van der Waals surface area contributed by atoms with Crippen LogP contribution in [0.1, 0.15) is 18.9 Å². The van der Waals surface area contributed by atoms with Crippen LogP contribution in [0, 0.1) is 17.7 Å². The molecule has 0 heterocycles. The molecule has 1 aromatic carbocycles. The Balaban J connectivity index is 2.38. The van der Waals surface area contributed by atoms with Gasteiger partial charge in [0.25, 0.3) is 10.0 Å². The van der Waals surface area contributed by atoms with E-state index < -0.39 is 44.3 Å². The van der Waals surface area contributed by atoms with E-state index in [1.54, 1.807) is 11.6 Å². The van der Waals surface area contributed by atoms with E-state index in [-0.39, 0.29) is 12.0 Å². The van der Waals surface area contributed by atoms with Crippen LogP contribution in [0.4, 0.5) is 17.6 Å². The number of carbonyl (C=O) groups is 1. The third kappa shape index (κ3) is 3.34. The van der Waals surface area contributed by atoms with Crippen LogP contribution in [-0.2, 0) is 21.0 Å². The van der Waals surface area contributed by atoms with Crippen LogP contribution in [-0.4, -0.2) is 14.3 Å². The van der Waals surface area contributed by atoms with Crippen molar-refractivity contribution in [2.24, 2.45) is 11.8 Å². The lowest BCUT2D eigenvalue weighted by atomic mass is 10.2. The van der Waals surface area contributed by atoms with Crippen molar-refractivity contribution in [3.8, 4) is 0 Å². The molecule has 0 spiro atoms. The second kappa shape index (κ2) is 4.97. The summed E-state index contributed by atoms with van der Waals surface area (Å²) < 4.78 is 76.7. The molecule has 1 fully saturated rings. The van der Waals surface area contributed by atoms with E-state index in [0.29, 0.717) is 18.6 Å². The molecule has 1 amide bonds. The molecule has 0 radical (unpaired) electrons. The summed E-state index contributed by atoms with van der Waals surface area (Å²) in [6.07, 6.45) is -4.57. The zero-order chi connectivity index (χ0) is 16.0. The van der Waals surface area contributed by atoms with E-state index in [1.165, 1.54) is 0 Å². The largest absolute Gasteiger partial charge is 0.417 e. The third-order valence-corrected chi connectivity index (χ3v) is 4.62. The number of nitrogens with one attached hydrogen (secondary N) is 1. The molecule has 1 aliphatic rings. The lowest BCUT2D eigenvalue weighted by Crippen LogP contribution is -2.33. The number of carbonyl (C=O) groups excluding carboxylic acids is 1. The summed E-state index contributed by atoms with van der Waals surface area (Å²) in [6.45, 7) is 1.72. The Morgan fingerprint density at radius 3 is 2.38 bits per heavy atom. The maximum absolute atomic E-state index is 12.9. The zero-order valence-corrected chi connectivity index (χ0v) is 11.6. The first-order chi connectivity index (χ1) is 9.52. The first kappa shape index (κ1) is 15.7. The van der Waals surface area contributed by atoms with Crippen molar-refractivity contribution in [2.45, 2.75) is 24.4 Å². The van der Waals surface area contributed by atoms with Gasteiger partial charge in [-0.15, -0.1) is 0 Å². The van der Waals surface area contributed by atoms with Crippen LogP contribution < -0.4 is 4.72 Å². The van der Waals surface area contributed by atoms with Crippen LogP contribution >= 0.6 is 0 Å². The fourth-order valence-corrected chi connectivity index (χ4v) is 3.15. The zero-order valence-electron chi connectivity index (χ0n) is 10.7. The number of hydrogen-bond acceptors (Lipinski definition) is 3. The number of alkyl halides is 3. The molecule has 2 unspecified atom stereocenters. The van der Waals surface area contributed by atoms with Crippen LogP contribution in [0.15, 0.2) is 23.1 Å². The molecule has 1 aliphatic carbocycles. The summed E-state index contributed by atoms with van der Waals surface area (Å²) in [5, 5.41) is 0. The van der Waals surface area contributed by atoms with Crippen molar-refractivity contribution >= 4 is 15.9 Å². The minimum absolute atomic E-state index is 0.00416. The van der Waals surface area contributed by atoms with Gasteiger partial charge in [-0.2, -0.15) is 13.2 Å². The van der Waals surface area contributed by atoms with Crippen LogP contribution in [0.5, 0.6) is 0 Å². The molecule has 1 aromatic rings. The van der Waals surface area contributed by atoms with Gasteiger partial charge in [-0.25, -0.2) is 17.5 Å². The van der Waals surface area contributed by atoms with E-state index in [2.05, 4.69) is 0 Å². The Morgan fingerprint density at radius 1 is 1.33 bits per heavy atom. The van der Waals surface area contributed by atoms with E-state index in [0.717, 1.165) is 0 Å². The molecule has 0 aromatic heterocycles. The number of benzene rings is 1. The van der Waals surface area contributed by atoms with E-state index in [1.807, 2.05) is 0 Å². The molecule has 116 valence electrons. The van der Waals surface area contributed by atoms with Gasteiger partial charge in [0.05, 0.1) is 10.5 Å². The van der Waals surface area contributed by atoms with Gasteiger partial charge in [-0.1, -0.05) is 6.92 Å². The van der Waals surface area contributed by atoms with E-state index >= 15 is 0 Å². The summed E-state index contributed by atoms with van der Waals surface area (Å²) >= 11 is 0. The molecular weight excluding hydrogens is 314 g/mol. The van der Waals surface area contributed by atoms with Gasteiger partial charge in [0.15, 0.2) is 0 Å². The SMILES string of the molecule is CC1CC1C(=O)NS(=O)(=O)c1ccc(F)cc1C(F)(F)F. The van der Waals surface area contributed by atoms with Gasteiger partial charge in [0, 0.05) is 5.92 Å². The first-order valence-electron chi connectivity index (χ1n) is 5.96. The summed E-state index contributed by atoms with van der Waals surface area (Å²) in [6, 6.07) is 1.16. The Morgan fingerprint density at radius 2 is 1.90 bits per heavy atom. The number of sulfonamides is 1. The average Bonchev–Trinajstić information content (AvgIpc) is 3.04. The average molecular weight is 325 g/mol. The second-order valence-corrected chi connectivity index (χ2v) is 6.58. The Bertz CT molecular complexity index is 684. The number of rotatable bonds is 3. The van der Waals surface area contributed by atoms with E-state index in [4.69, 9.17) is 0 Å². The van der Waals surface area contributed by atoms with Gasteiger partial charge in [0.2, 0.25) is 5.91 Å². The van der Waals surface area contributed by atoms with Gasteiger partial charge < -0.3 is 0 Å². The number of halogens is 4. The third-order valence-electron chi connectivity index (χ3n) is 3.22. The minimum atomic E-state index is -5.05. The van der Waals surface area contributed by atoms with Gasteiger partial charge in [-0.05, 0) is 30.5 Å². The van der Waals surface area contributed by atoms with Crippen molar-refractivity contribution in [2.75, 3.05) is 0 Å². The van der Waals surface area contributed by atoms with Crippen LogP contribution in [0.3, 0.4) is 0 Å². The summed E-state index contributed by atoms with van der Waals surface area (Å²) in [4.78, 5) is 10.4. The summed E-state index contributed by atoms with van der Waals surface area (Å²) in [5.41, 5.74) is -1.65. The Hall–Kier alpha value is -1.64. The maximum atomic E-state index is 12.9. The lowest BCUT2D eigenvalue weighted by Gasteiger charge is -2.14. The monoisotopic (exact) mass is 325 g/mol. The van der Waals surface area contributed by atoms with Crippen molar-refractivity contribution in [3.63, 3.8) is 0 Å². The lowest BCUT2D eigenvalue weighted by molar-refractivity contribution is -0.140.